The van der Waals surface area contributed by atoms with Gasteiger partial charge in [0, 0.05) is 0 Å². The Bertz CT molecular complexity index is 98.9. The van der Waals surface area contributed by atoms with Crippen LogP contribution < -0.4 is 0 Å². The molecule has 7 heavy (non-hydrogen) atoms. The van der Waals surface area contributed by atoms with E-state index in [0.717, 1.165) is 0 Å². The van der Waals surface area contributed by atoms with Crippen LogP contribution >= 0.6 is 42.4 Å². The first-order chi connectivity index (χ1) is 3.00. The number of hydrogen-bond donors (Lipinski definition) is 0. The van der Waals surface area contributed by atoms with E-state index in [-0.39, 0.29) is 0 Å². The number of rotatable bonds is 0. The molecule has 0 N–H and O–H groups in total. The van der Waals surface area contributed by atoms with Gasteiger partial charge in [-0.2, -0.15) is 0 Å². The maximum absolute atomic E-state index is 9.61. The number of hydrogen-bond acceptors (Lipinski definition) is 2. The molecule has 0 saturated heterocycles. The van der Waals surface area contributed by atoms with E-state index in [9.17, 15) is 8.42 Å². The summed E-state index contributed by atoms with van der Waals surface area (Å²) in [6.07, 6.45) is 0. The first-order valence-electron chi connectivity index (χ1n) is 1.64. The first-order valence-corrected chi connectivity index (χ1v) is 10.2. The topological polar surface area (TPSA) is 34.1 Å². The molecule has 0 atom stereocenters. The van der Waals surface area contributed by atoms with E-state index in [2.05, 4.69) is 4.17 Å². The van der Waals surface area contributed by atoms with E-state index in [1.807, 2.05) is 0 Å². The molecule has 6 heteroatoms. The predicted molar refractivity (Wildman–Crippen MR) is 48.6 cm³/mol. The van der Waals surface area contributed by atoms with Gasteiger partial charge in [0.25, 0.3) is 4.18 Å². The molecule has 0 aromatic carbocycles. The van der Waals surface area contributed by atoms with E-state index in [1.54, 1.807) is 0 Å². The Balaban J connectivity index is 0. The van der Waals surface area contributed by atoms with Crippen molar-refractivity contribution in [1.29, 1.82) is 0 Å². The Kier molecular flexibility index (Phi) is 11.3. The summed E-state index contributed by atoms with van der Waals surface area (Å²) in [6.45, 7) is 0. The molecule has 0 aliphatic rings. The predicted octanol–water partition coefficient (Wildman–Crippen LogP) is 1.30. The van der Waals surface area contributed by atoms with E-state index in [1.165, 1.54) is 70.3 Å². The zero-order valence-corrected chi connectivity index (χ0v) is 11.1. The summed E-state index contributed by atoms with van der Waals surface area (Å²) < 4.78 is 18.6. The van der Waals surface area contributed by atoms with E-state index >= 15 is 0 Å². The van der Waals surface area contributed by atoms with Crippen molar-refractivity contribution in [3.8, 4) is 0 Å². The van der Waals surface area contributed by atoms with Crippen LogP contribution in [0.15, 0.2) is 0 Å². The normalized spacial score (nSPS) is 9.29. The average Bonchev–Trinajstić information content (AvgIpc) is 1.36. The molecule has 0 amide bonds. The minimum atomic E-state index is -2.73. The zero-order valence-electron chi connectivity index (χ0n) is 3.98. The van der Waals surface area contributed by atoms with E-state index < -0.39 is 4.18 Å². The summed E-state index contributed by atoms with van der Waals surface area (Å²) >= 11 is 3.98. The van der Waals surface area contributed by atoms with Gasteiger partial charge in [-0.15, -0.1) is 0 Å². The van der Waals surface area contributed by atoms with Gasteiger partial charge < -0.3 is 0 Å². The third kappa shape index (κ3) is 59.5. The molecule has 0 bridgehead atoms. The fourth-order valence-corrected chi connectivity index (χ4v) is 0. The Labute approximate surface area is 85.3 Å². The Hall–Kier alpha value is 2.41. The second-order valence-corrected chi connectivity index (χ2v) is 13.1. The molecular weight excluding hydrogens is 353 g/mol. The van der Waals surface area contributed by atoms with Crippen molar-refractivity contribution in [1.82, 2.24) is 0 Å². The Morgan fingerprint density at radius 1 is 1.29 bits per heavy atom. The molecule has 0 saturated carbocycles. The molecule has 40 valence electrons. The SMILES string of the molecule is O=S(=O)(I)I.[CH3][Na]. The summed E-state index contributed by atoms with van der Waals surface area (Å²) in [5, 5.41) is 0. The van der Waals surface area contributed by atoms with E-state index in [4.69, 9.17) is 0 Å². The summed E-state index contributed by atoms with van der Waals surface area (Å²) in [6, 6.07) is 0. The summed E-state index contributed by atoms with van der Waals surface area (Å²) in [5.74, 6) is 0. The van der Waals surface area contributed by atoms with Gasteiger partial charge in [0.2, 0.25) is 0 Å². The van der Waals surface area contributed by atoms with Crippen LogP contribution in [-0.2, 0) is 4.18 Å². The Morgan fingerprint density at radius 3 is 1.29 bits per heavy atom. The van der Waals surface area contributed by atoms with Crippen LogP contribution in [0.3, 0.4) is 0 Å². The molecule has 0 heterocycles. The van der Waals surface area contributed by atoms with Gasteiger partial charge >= 0.3 is 32.1 Å². The fraction of sp³-hybridized carbons (Fsp3) is 1.00. The first kappa shape index (κ1) is 12.1. The molecule has 0 radical (unpaired) electrons. The fourth-order valence-electron chi connectivity index (χ4n) is 0. The standard InChI is InChI=1S/CH3.I2O2S.Na/c;1-5(2,3)4;/h1H3;;. The molecule has 0 fully saturated rings. The second kappa shape index (κ2) is 6.53. The molecule has 0 unspecified atom stereocenters. The van der Waals surface area contributed by atoms with Gasteiger partial charge in [0.05, 0.1) is 42.4 Å². The third-order valence-electron chi connectivity index (χ3n) is 0. The minimum absolute atomic E-state index is 1.31. The van der Waals surface area contributed by atoms with Crippen LogP contribution in [0.5, 0.6) is 0 Å². The van der Waals surface area contributed by atoms with E-state index in [0.29, 0.717) is 0 Å². The van der Waals surface area contributed by atoms with Gasteiger partial charge in [-0.1, -0.05) is 0 Å². The van der Waals surface area contributed by atoms with Crippen molar-refractivity contribution < 1.29 is 8.42 Å². The van der Waals surface area contributed by atoms with Gasteiger partial charge in [-0.05, 0) is 0 Å². The zero-order chi connectivity index (χ0) is 6.50. The van der Waals surface area contributed by atoms with Crippen LogP contribution in [0, 0.1) is 0 Å². The van der Waals surface area contributed by atoms with Crippen molar-refractivity contribution in [3.05, 3.63) is 0 Å². The van der Waals surface area contributed by atoms with Crippen LogP contribution in [0.25, 0.3) is 0 Å². The van der Waals surface area contributed by atoms with Crippen LogP contribution in [0.4, 0.5) is 0 Å². The molecule has 2 nitrogen and oxygen atoms in total. The molecule has 0 aliphatic carbocycles. The van der Waals surface area contributed by atoms with Gasteiger partial charge in [-0.25, -0.2) is 8.42 Å². The molecule has 0 aromatic heterocycles. The van der Waals surface area contributed by atoms with Crippen molar-refractivity contribution in [3.63, 3.8) is 0 Å². The van der Waals surface area contributed by atoms with Crippen molar-refractivity contribution in [2.75, 3.05) is 0 Å². The molecule has 0 aromatic rings. The van der Waals surface area contributed by atoms with Gasteiger partial charge in [0.15, 0.2) is 0 Å². The van der Waals surface area contributed by atoms with Gasteiger partial charge in [-0.3, -0.25) is 0 Å². The quantitative estimate of drug-likeness (QED) is 0.373. The molecule has 0 aliphatic heterocycles. The van der Waals surface area contributed by atoms with Gasteiger partial charge in [0.1, 0.15) is 0 Å². The van der Waals surface area contributed by atoms with Crippen LogP contribution in [-0.4, -0.2) is 36.3 Å². The van der Waals surface area contributed by atoms with Crippen molar-refractivity contribution in [2.45, 2.75) is 4.17 Å². The number of halogens is 2. The summed E-state index contributed by atoms with van der Waals surface area (Å²) in [7, 11) is 0. The average molecular weight is 356 g/mol. The summed E-state index contributed by atoms with van der Waals surface area (Å²) in [5.41, 5.74) is 0. The Morgan fingerprint density at radius 2 is 1.29 bits per heavy atom. The summed E-state index contributed by atoms with van der Waals surface area (Å²) in [4.78, 5) is 0. The third-order valence-corrected chi connectivity index (χ3v) is 0. The van der Waals surface area contributed by atoms with Crippen LogP contribution in [0.2, 0.25) is 4.17 Å². The maximum atomic E-state index is 9.61. The molecule has 0 rings (SSSR count). The second-order valence-electron chi connectivity index (χ2n) is 0.378. The molecule has 0 spiro atoms. The monoisotopic (exact) mass is 356 g/mol. The van der Waals surface area contributed by atoms with Crippen LogP contribution in [0.1, 0.15) is 0 Å². The van der Waals surface area contributed by atoms with Crippen molar-refractivity contribution >= 4 is 74.5 Å². The molecular formula is CH3I2NaO2S. The van der Waals surface area contributed by atoms with Crippen molar-refractivity contribution in [2.24, 2.45) is 0 Å².